The fourth-order valence-electron chi connectivity index (χ4n) is 1.67. The summed E-state index contributed by atoms with van der Waals surface area (Å²) in [5.41, 5.74) is 0. The molecule has 0 spiro atoms. The molecule has 0 bridgehead atoms. The highest BCUT2D eigenvalue weighted by Gasteiger charge is 2.10. The summed E-state index contributed by atoms with van der Waals surface area (Å²) in [6.07, 6.45) is 0. The number of aromatic nitrogens is 3. The number of benzene rings is 1. The van der Waals surface area contributed by atoms with E-state index in [1.807, 2.05) is 27.7 Å². The minimum atomic E-state index is 0.173. The monoisotopic (exact) mass is 303 g/mol. The first kappa shape index (κ1) is 15.8. The van der Waals surface area contributed by atoms with E-state index in [0.717, 1.165) is 0 Å². The highest BCUT2D eigenvalue weighted by molar-refractivity contribution is 5.38. The molecule has 7 heteroatoms. The van der Waals surface area contributed by atoms with E-state index in [1.54, 1.807) is 12.1 Å². The lowest BCUT2D eigenvalue weighted by Gasteiger charge is -2.13. The zero-order valence-electron chi connectivity index (χ0n) is 13.2. The van der Waals surface area contributed by atoms with Crippen LogP contribution in [0.5, 0.6) is 17.5 Å². The Morgan fingerprint density at radius 2 is 1.36 bits per heavy atom. The van der Waals surface area contributed by atoms with Crippen molar-refractivity contribution in [1.29, 1.82) is 0 Å². The Morgan fingerprint density at radius 1 is 0.864 bits per heavy atom. The van der Waals surface area contributed by atoms with Crippen molar-refractivity contribution in [2.24, 2.45) is 0 Å². The van der Waals surface area contributed by atoms with Crippen LogP contribution < -0.4 is 15.4 Å². The molecule has 22 heavy (non-hydrogen) atoms. The fourth-order valence-corrected chi connectivity index (χ4v) is 1.67. The minimum absolute atomic E-state index is 0.173. The molecule has 1 aromatic carbocycles. The van der Waals surface area contributed by atoms with Crippen LogP contribution in [0.1, 0.15) is 27.7 Å². The number of aromatic hydroxyl groups is 1. The molecule has 2 rings (SSSR count). The van der Waals surface area contributed by atoms with Gasteiger partial charge in [-0.15, -0.1) is 0 Å². The molecular weight excluding hydrogens is 282 g/mol. The molecular formula is C15H21N5O2. The van der Waals surface area contributed by atoms with E-state index in [0.29, 0.717) is 17.6 Å². The van der Waals surface area contributed by atoms with Crippen LogP contribution in [0, 0.1) is 0 Å². The highest BCUT2D eigenvalue weighted by atomic mass is 16.5. The summed E-state index contributed by atoms with van der Waals surface area (Å²) in [4.78, 5) is 12.8. The Morgan fingerprint density at radius 3 is 1.82 bits per heavy atom. The van der Waals surface area contributed by atoms with Crippen LogP contribution in [0.15, 0.2) is 24.3 Å². The smallest absolute Gasteiger partial charge is 0.328 e. The SMILES string of the molecule is CC(C)Nc1nc(NC(C)C)nc(Oc2ccc(O)cc2)n1. The summed E-state index contributed by atoms with van der Waals surface area (Å²) in [6.45, 7) is 8.00. The van der Waals surface area contributed by atoms with Gasteiger partial charge in [0.15, 0.2) is 0 Å². The molecule has 0 radical (unpaired) electrons. The first-order valence-electron chi connectivity index (χ1n) is 7.18. The van der Waals surface area contributed by atoms with E-state index in [4.69, 9.17) is 4.74 Å². The van der Waals surface area contributed by atoms with Gasteiger partial charge in [-0.1, -0.05) is 0 Å². The number of phenols is 1. The first-order chi connectivity index (χ1) is 10.4. The summed E-state index contributed by atoms with van der Waals surface area (Å²) in [5, 5.41) is 15.6. The highest BCUT2D eigenvalue weighted by Crippen LogP contribution is 2.22. The maximum absolute atomic E-state index is 9.29. The third-order valence-corrected chi connectivity index (χ3v) is 2.50. The Labute approximate surface area is 129 Å². The van der Waals surface area contributed by atoms with Gasteiger partial charge in [0.25, 0.3) is 0 Å². The minimum Gasteiger partial charge on any atom is -0.508 e. The predicted molar refractivity (Wildman–Crippen MR) is 85.5 cm³/mol. The van der Waals surface area contributed by atoms with Crippen molar-refractivity contribution >= 4 is 11.9 Å². The van der Waals surface area contributed by atoms with E-state index < -0.39 is 0 Å². The van der Waals surface area contributed by atoms with Gasteiger partial charge in [0.05, 0.1) is 0 Å². The fraction of sp³-hybridized carbons (Fsp3) is 0.400. The molecule has 0 saturated heterocycles. The Balaban J connectivity index is 2.25. The number of hydrogen-bond acceptors (Lipinski definition) is 7. The normalized spacial score (nSPS) is 10.8. The molecule has 0 unspecified atom stereocenters. The van der Waals surface area contributed by atoms with E-state index in [-0.39, 0.29) is 23.8 Å². The molecule has 118 valence electrons. The van der Waals surface area contributed by atoms with Crippen LogP contribution in [0.2, 0.25) is 0 Å². The number of rotatable bonds is 6. The Hall–Kier alpha value is -2.57. The van der Waals surface area contributed by atoms with Crippen molar-refractivity contribution in [3.05, 3.63) is 24.3 Å². The summed E-state index contributed by atoms with van der Waals surface area (Å²) in [6, 6.07) is 6.93. The molecule has 0 aliphatic rings. The quantitative estimate of drug-likeness (QED) is 0.755. The summed E-state index contributed by atoms with van der Waals surface area (Å²) < 4.78 is 5.62. The number of nitrogens with zero attached hydrogens (tertiary/aromatic N) is 3. The number of nitrogens with one attached hydrogen (secondary N) is 2. The van der Waals surface area contributed by atoms with Crippen molar-refractivity contribution in [1.82, 2.24) is 15.0 Å². The largest absolute Gasteiger partial charge is 0.508 e. The third-order valence-electron chi connectivity index (χ3n) is 2.50. The van der Waals surface area contributed by atoms with Crippen LogP contribution in [0.25, 0.3) is 0 Å². The van der Waals surface area contributed by atoms with Crippen molar-refractivity contribution < 1.29 is 9.84 Å². The van der Waals surface area contributed by atoms with Crippen molar-refractivity contribution in [3.8, 4) is 17.5 Å². The molecule has 0 fully saturated rings. The van der Waals surface area contributed by atoms with Crippen LogP contribution in [-0.2, 0) is 0 Å². The second-order valence-corrected chi connectivity index (χ2v) is 5.46. The Bertz CT molecular complexity index is 586. The maximum Gasteiger partial charge on any atom is 0.328 e. The second kappa shape index (κ2) is 6.93. The molecule has 7 nitrogen and oxygen atoms in total. The summed E-state index contributed by atoms with van der Waals surface area (Å²) >= 11 is 0. The lowest BCUT2D eigenvalue weighted by atomic mass is 10.3. The zero-order valence-corrected chi connectivity index (χ0v) is 13.2. The van der Waals surface area contributed by atoms with Crippen LogP contribution in [0.4, 0.5) is 11.9 Å². The number of anilines is 2. The van der Waals surface area contributed by atoms with Gasteiger partial charge in [0, 0.05) is 12.1 Å². The molecule has 0 atom stereocenters. The molecule has 3 N–H and O–H groups in total. The van der Waals surface area contributed by atoms with Crippen molar-refractivity contribution in [3.63, 3.8) is 0 Å². The Kier molecular flexibility index (Phi) is 4.98. The van der Waals surface area contributed by atoms with Gasteiger partial charge in [0.1, 0.15) is 11.5 Å². The van der Waals surface area contributed by atoms with Gasteiger partial charge in [-0.05, 0) is 52.0 Å². The summed E-state index contributed by atoms with van der Waals surface area (Å²) in [5.74, 6) is 1.60. The van der Waals surface area contributed by atoms with Crippen molar-refractivity contribution in [2.45, 2.75) is 39.8 Å². The summed E-state index contributed by atoms with van der Waals surface area (Å²) in [7, 11) is 0. The van der Waals surface area contributed by atoms with E-state index >= 15 is 0 Å². The van der Waals surface area contributed by atoms with Crippen molar-refractivity contribution in [2.75, 3.05) is 10.6 Å². The molecule has 1 heterocycles. The molecule has 0 aliphatic heterocycles. The van der Waals surface area contributed by atoms with Gasteiger partial charge in [-0.2, -0.15) is 15.0 Å². The number of phenolic OH excluding ortho intramolecular Hbond substituents is 1. The van der Waals surface area contributed by atoms with Crippen LogP contribution in [0.3, 0.4) is 0 Å². The van der Waals surface area contributed by atoms with Gasteiger partial charge in [-0.25, -0.2) is 0 Å². The molecule has 1 aromatic heterocycles. The molecule has 0 saturated carbocycles. The van der Waals surface area contributed by atoms with Gasteiger partial charge in [-0.3, -0.25) is 0 Å². The van der Waals surface area contributed by atoms with E-state index in [9.17, 15) is 5.11 Å². The molecule has 0 aliphatic carbocycles. The van der Waals surface area contributed by atoms with Gasteiger partial charge >= 0.3 is 6.01 Å². The molecule has 2 aromatic rings. The zero-order chi connectivity index (χ0) is 16.1. The van der Waals surface area contributed by atoms with Crippen LogP contribution >= 0.6 is 0 Å². The molecule has 0 amide bonds. The number of hydrogen-bond donors (Lipinski definition) is 3. The average Bonchev–Trinajstić information content (AvgIpc) is 2.39. The van der Waals surface area contributed by atoms with Gasteiger partial charge in [0.2, 0.25) is 11.9 Å². The lowest BCUT2D eigenvalue weighted by Crippen LogP contribution is -2.17. The average molecular weight is 303 g/mol. The third kappa shape index (κ3) is 4.76. The maximum atomic E-state index is 9.29. The van der Waals surface area contributed by atoms with Gasteiger partial charge < -0.3 is 20.5 Å². The first-order valence-corrected chi connectivity index (χ1v) is 7.18. The lowest BCUT2D eigenvalue weighted by molar-refractivity contribution is 0.436. The van der Waals surface area contributed by atoms with Crippen LogP contribution in [-0.4, -0.2) is 32.1 Å². The number of ether oxygens (including phenoxy) is 1. The topological polar surface area (TPSA) is 92.2 Å². The standard InChI is InChI=1S/C15H21N5O2/c1-9(2)16-13-18-14(17-10(3)4)20-15(19-13)22-12-7-5-11(21)6-8-12/h5-10,21H,1-4H3,(H2,16,17,18,19,20). The van der Waals surface area contributed by atoms with E-state index in [1.165, 1.54) is 12.1 Å². The predicted octanol–water partition coefficient (Wildman–Crippen LogP) is 3.01. The second-order valence-electron chi connectivity index (χ2n) is 5.46. The van der Waals surface area contributed by atoms with E-state index in [2.05, 4.69) is 25.6 Å².